The van der Waals surface area contributed by atoms with Gasteiger partial charge in [-0.1, -0.05) is 72.1 Å². The highest BCUT2D eigenvalue weighted by Crippen LogP contribution is 2.20. The molecule has 0 aliphatic rings. The van der Waals surface area contributed by atoms with Crippen LogP contribution in [0.15, 0.2) is 49.0 Å². The van der Waals surface area contributed by atoms with Gasteiger partial charge in [-0.2, -0.15) is 0 Å². The molecular weight excluding hydrogens is 380 g/mol. The van der Waals surface area contributed by atoms with Crippen LogP contribution in [0.5, 0.6) is 5.75 Å². The van der Waals surface area contributed by atoms with Gasteiger partial charge in [0.05, 0.1) is 6.26 Å². The summed E-state index contributed by atoms with van der Waals surface area (Å²) in [5.74, 6) is 2.48. The molecule has 0 amide bonds. The summed E-state index contributed by atoms with van der Waals surface area (Å²) in [5, 5.41) is 0. The second-order valence-corrected chi connectivity index (χ2v) is 8.74. The molecule has 31 heavy (non-hydrogen) atoms. The molecule has 3 heteroatoms. The Hall–Kier alpha value is -2.16. The van der Waals surface area contributed by atoms with Crippen molar-refractivity contribution in [1.82, 2.24) is 9.97 Å². The van der Waals surface area contributed by atoms with Crippen molar-refractivity contribution in [2.45, 2.75) is 97.8 Å². The molecule has 0 bridgehead atoms. The predicted octanol–water partition coefficient (Wildman–Crippen LogP) is 8.55. The molecule has 0 saturated heterocycles. The van der Waals surface area contributed by atoms with Gasteiger partial charge in [0.15, 0.2) is 5.82 Å². The van der Waals surface area contributed by atoms with Gasteiger partial charge in [-0.15, -0.1) is 0 Å². The van der Waals surface area contributed by atoms with Crippen molar-refractivity contribution < 1.29 is 4.74 Å². The number of rotatable bonds is 16. The highest BCUT2D eigenvalue weighted by Gasteiger charge is 2.03. The van der Waals surface area contributed by atoms with Gasteiger partial charge in [-0.25, -0.2) is 9.97 Å². The number of aryl methyl sites for hydroxylation is 1. The molecule has 0 saturated carbocycles. The zero-order valence-electron chi connectivity index (χ0n) is 20.0. The minimum Gasteiger partial charge on any atom is -0.465 e. The molecular formula is C28H42N2O. The van der Waals surface area contributed by atoms with Gasteiger partial charge in [0.25, 0.3) is 0 Å². The Labute approximate surface area is 190 Å². The molecule has 1 atom stereocenters. The van der Waals surface area contributed by atoms with E-state index >= 15 is 0 Å². The highest BCUT2D eigenvalue weighted by atomic mass is 16.5. The van der Waals surface area contributed by atoms with Gasteiger partial charge in [0.2, 0.25) is 0 Å². The minimum absolute atomic E-state index is 0.773. The van der Waals surface area contributed by atoms with Crippen LogP contribution < -0.4 is 4.74 Å². The maximum Gasteiger partial charge on any atom is 0.159 e. The van der Waals surface area contributed by atoms with E-state index in [-0.39, 0.29) is 0 Å². The number of hydrogen-bond acceptors (Lipinski definition) is 3. The largest absolute Gasteiger partial charge is 0.465 e. The lowest BCUT2D eigenvalue weighted by Gasteiger charge is -2.07. The number of hydrogen-bond donors (Lipinski definition) is 0. The number of allylic oxidation sites excluding steroid dienone is 1. The molecule has 2 rings (SSSR count). The molecule has 0 unspecified atom stereocenters. The zero-order chi connectivity index (χ0) is 22.2. The Kier molecular flexibility index (Phi) is 12.6. The van der Waals surface area contributed by atoms with E-state index in [0.29, 0.717) is 0 Å². The van der Waals surface area contributed by atoms with Gasteiger partial charge in [-0.05, 0) is 67.5 Å². The molecule has 0 aliphatic heterocycles. The van der Waals surface area contributed by atoms with Crippen LogP contribution >= 0.6 is 0 Å². The first-order valence-electron chi connectivity index (χ1n) is 12.5. The Balaban J connectivity index is 1.69. The Morgan fingerprint density at radius 2 is 1.58 bits per heavy atom. The maximum absolute atomic E-state index is 5.71. The van der Waals surface area contributed by atoms with Crippen molar-refractivity contribution in [2.75, 3.05) is 0 Å². The first-order valence-corrected chi connectivity index (χ1v) is 12.5. The standard InChI is InChI=1S/C28H42N2O/c1-4-6-7-8-9-10-14-21-31-27-19-17-26(18-20-27)28-29-22-25(23-30-28)16-13-11-12-15-24(3)5-2/h14,17-24H,4-13,15-16H2,1-3H3/b21-14+/t24-/m0/s1. The molecule has 0 N–H and O–H groups in total. The van der Waals surface area contributed by atoms with Crippen LogP contribution in [0, 0.1) is 5.92 Å². The van der Waals surface area contributed by atoms with Gasteiger partial charge < -0.3 is 4.74 Å². The Bertz CT molecular complexity index is 722. The third-order valence-electron chi connectivity index (χ3n) is 5.95. The zero-order valence-corrected chi connectivity index (χ0v) is 20.0. The third kappa shape index (κ3) is 10.6. The quantitative estimate of drug-likeness (QED) is 0.201. The van der Waals surface area contributed by atoms with Crippen molar-refractivity contribution in [3.63, 3.8) is 0 Å². The average Bonchev–Trinajstić information content (AvgIpc) is 2.81. The SMILES string of the molecule is CCCCCCC/C=C/Oc1ccc(-c2ncc(CCCCC[C@@H](C)CC)cn2)cc1. The first kappa shape index (κ1) is 25.1. The van der Waals surface area contributed by atoms with E-state index in [0.717, 1.165) is 35.9 Å². The molecule has 0 fully saturated rings. The van der Waals surface area contributed by atoms with Crippen LogP contribution in [0.2, 0.25) is 0 Å². The maximum atomic E-state index is 5.71. The Morgan fingerprint density at radius 1 is 0.871 bits per heavy atom. The average molecular weight is 423 g/mol. The van der Waals surface area contributed by atoms with Crippen molar-refractivity contribution >= 4 is 0 Å². The molecule has 1 heterocycles. The van der Waals surface area contributed by atoms with Crippen LogP contribution in [-0.2, 0) is 6.42 Å². The van der Waals surface area contributed by atoms with E-state index < -0.39 is 0 Å². The number of ether oxygens (including phenoxy) is 1. The summed E-state index contributed by atoms with van der Waals surface area (Å²) in [6, 6.07) is 8.01. The molecule has 0 radical (unpaired) electrons. The summed E-state index contributed by atoms with van der Waals surface area (Å²) in [6.45, 7) is 6.87. The van der Waals surface area contributed by atoms with E-state index in [1.165, 1.54) is 69.8 Å². The molecule has 1 aromatic heterocycles. The minimum atomic E-state index is 0.773. The van der Waals surface area contributed by atoms with Crippen molar-refractivity contribution in [3.05, 3.63) is 54.6 Å². The Morgan fingerprint density at radius 3 is 2.29 bits per heavy atom. The highest BCUT2D eigenvalue weighted by molar-refractivity contribution is 5.55. The van der Waals surface area contributed by atoms with Gasteiger partial charge in [0.1, 0.15) is 5.75 Å². The molecule has 2 aromatic rings. The summed E-state index contributed by atoms with van der Waals surface area (Å²) in [4.78, 5) is 9.14. The molecule has 170 valence electrons. The van der Waals surface area contributed by atoms with E-state index in [1.54, 1.807) is 0 Å². The topological polar surface area (TPSA) is 35.0 Å². The number of benzene rings is 1. The van der Waals surface area contributed by atoms with E-state index in [4.69, 9.17) is 4.74 Å². The second kappa shape index (κ2) is 15.6. The smallest absolute Gasteiger partial charge is 0.159 e. The van der Waals surface area contributed by atoms with Crippen LogP contribution in [-0.4, -0.2) is 9.97 Å². The van der Waals surface area contributed by atoms with E-state index in [9.17, 15) is 0 Å². The summed E-state index contributed by atoms with van der Waals surface area (Å²) in [7, 11) is 0. The van der Waals surface area contributed by atoms with E-state index in [2.05, 4.69) is 36.8 Å². The van der Waals surface area contributed by atoms with Crippen LogP contribution in [0.25, 0.3) is 11.4 Å². The lowest BCUT2D eigenvalue weighted by Crippen LogP contribution is -1.95. The van der Waals surface area contributed by atoms with Crippen LogP contribution in [0.1, 0.15) is 97.0 Å². The number of aromatic nitrogens is 2. The normalized spacial score (nSPS) is 12.4. The van der Waals surface area contributed by atoms with Crippen molar-refractivity contribution in [1.29, 1.82) is 0 Å². The number of unbranched alkanes of at least 4 members (excludes halogenated alkanes) is 7. The summed E-state index contributed by atoms with van der Waals surface area (Å²) >= 11 is 0. The van der Waals surface area contributed by atoms with Gasteiger partial charge in [-0.3, -0.25) is 0 Å². The monoisotopic (exact) mass is 422 g/mol. The van der Waals surface area contributed by atoms with Crippen molar-refractivity contribution in [3.8, 4) is 17.1 Å². The fourth-order valence-electron chi connectivity index (χ4n) is 3.58. The first-order chi connectivity index (χ1) is 15.2. The van der Waals surface area contributed by atoms with Gasteiger partial charge >= 0.3 is 0 Å². The second-order valence-electron chi connectivity index (χ2n) is 8.74. The lowest BCUT2D eigenvalue weighted by molar-refractivity contribution is 0.477. The molecule has 0 aliphatic carbocycles. The van der Waals surface area contributed by atoms with Crippen LogP contribution in [0.3, 0.4) is 0 Å². The molecule has 3 nitrogen and oxygen atoms in total. The third-order valence-corrected chi connectivity index (χ3v) is 5.95. The van der Waals surface area contributed by atoms with E-state index in [1.807, 2.05) is 42.9 Å². The fourth-order valence-corrected chi connectivity index (χ4v) is 3.58. The number of nitrogens with zero attached hydrogens (tertiary/aromatic N) is 2. The molecule has 0 spiro atoms. The molecule has 1 aromatic carbocycles. The summed E-state index contributed by atoms with van der Waals surface area (Å²) < 4.78 is 5.71. The van der Waals surface area contributed by atoms with Crippen molar-refractivity contribution in [2.24, 2.45) is 5.92 Å². The lowest BCUT2D eigenvalue weighted by atomic mass is 10.00. The summed E-state index contributed by atoms with van der Waals surface area (Å²) in [6.07, 6.45) is 23.0. The van der Waals surface area contributed by atoms with Gasteiger partial charge in [0, 0.05) is 18.0 Å². The fraction of sp³-hybridized carbons (Fsp3) is 0.571. The predicted molar refractivity (Wildman–Crippen MR) is 132 cm³/mol. The van der Waals surface area contributed by atoms with Crippen LogP contribution in [0.4, 0.5) is 0 Å². The summed E-state index contributed by atoms with van der Waals surface area (Å²) in [5.41, 5.74) is 2.25.